The number of fused-ring (bicyclic) bond motifs is 2. The van der Waals surface area contributed by atoms with E-state index in [1.165, 1.54) is 5.57 Å². The number of aliphatic hydroxyl groups is 1. The van der Waals surface area contributed by atoms with Gasteiger partial charge in [0.25, 0.3) is 0 Å². The molecule has 0 bridgehead atoms. The van der Waals surface area contributed by atoms with Crippen molar-refractivity contribution in [1.82, 2.24) is 0 Å². The lowest BCUT2D eigenvalue weighted by molar-refractivity contribution is -0.193. The number of hydrogen-bond acceptors (Lipinski definition) is 3. The van der Waals surface area contributed by atoms with Crippen molar-refractivity contribution in [3.05, 3.63) is 23.8 Å². The summed E-state index contributed by atoms with van der Waals surface area (Å²) in [6.07, 6.45) is 13.0. The maximum atomic E-state index is 12.8. The van der Waals surface area contributed by atoms with Crippen LogP contribution in [0.3, 0.4) is 0 Å². The largest absolute Gasteiger partial charge is 0.481 e. The number of ketones is 1. The molecule has 5 aliphatic carbocycles. The first-order valence-electron chi connectivity index (χ1n) is 13.6. The van der Waals surface area contributed by atoms with E-state index >= 15 is 0 Å². The van der Waals surface area contributed by atoms with Gasteiger partial charge in [0, 0.05) is 10.8 Å². The summed E-state index contributed by atoms with van der Waals surface area (Å²) in [7, 11) is 0. The highest BCUT2D eigenvalue weighted by Crippen LogP contribution is 2.87. The van der Waals surface area contributed by atoms with Gasteiger partial charge in [-0.25, -0.2) is 0 Å². The van der Waals surface area contributed by atoms with Crippen molar-refractivity contribution in [3.63, 3.8) is 0 Å². The number of carboxylic acids is 1. The topological polar surface area (TPSA) is 74.6 Å². The molecule has 188 valence electrons. The lowest BCUT2D eigenvalue weighted by Crippen LogP contribution is -2.61. The summed E-state index contributed by atoms with van der Waals surface area (Å²) in [6.45, 7) is 13.0. The Balaban J connectivity index is 1.51. The second-order valence-corrected chi connectivity index (χ2v) is 13.8. The molecule has 0 heterocycles. The lowest BCUT2D eigenvalue weighted by atomic mass is 9.41. The highest BCUT2D eigenvalue weighted by molar-refractivity contribution is 5.96. The van der Waals surface area contributed by atoms with E-state index in [0.29, 0.717) is 18.3 Å². The third-order valence-electron chi connectivity index (χ3n) is 12.3. The second-order valence-electron chi connectivity index (χ2n) is 13.8. The molecule has 0 aromatic heterocycles. The Morgan fingerprint density at radius 2 is 1.82 bits per heavy atom. The van der Waals surface area contributed by atoms with E-state index in [0.717, 1.165) is 44.9 Å². The molecule has 0 radical (unpaired) electrons. The van der Waals surface area contributed by atoms with Crippen LogP contribution in [0.25, 0.3) is 0 Å². The first-order chi connectivity index (χ1) is 15.8. The second kappa shape index (κ2) is 7.31. The van der Waals surface area contributed by atoms with E-state index in [4.69, 9.17) is 0 Å². The summed E-state index contributed by atoms with van der Waals surface area (Å²) >= 11 is 0. The Labute approximate surface area is 205 Å². The van der Waals surface area contributed by atoms with Crippen LogP contribution < -0.4 is 0 Å². The van der Waals surface area contributed by atoms with Gasteiger partial charge in [0.1, 0.15) is 0 Å². The number of hydrogen-bond donors (Lipinski definition) is 2. The first-order valence-corrected chi connectivity index (χ1v) is 13.6. The molecular weight excluding hydrogens is 424 g/mol. The van der Waals surface area contributed by atoms with E-state index in [1.54, 1.807) is 0 Å². The normalized spacial score (nSPS) is 48.7. The van der Waals surface area contributed by atoms with E-state index in [2.05, 4.69) is 53.7 Å². The van der Waals surface area contributed by atoms with Crippen LogP contribution in [-0.2, 0) is 9.59 Å². The summed E-state index contributed by atoms with van der Waals surface area (Å²) in [5.41, 5.74) is 0.516. The number of rotatable bonds is 5. The molecule has 4 saturated carbocycles. The Bertz CT molecular complexity index is 972. The number of carbonyl (C=O) groups is 2. The molecule has 9 atom stereocenters. The Morgan fingerprint density at radius 1 is 1.15 bits per heavy atom. The standard InChI is InChI=1S/C30H44O4/c1-18(2)8-7-9-19(25(33)34)20-12-14-27(5)22-11-10-21-26(3,4)23(31)13-15-29(21)17-30(22,29)16-24(32)28(20,27)6/h8,13,15,19-22,24,32H,7,9-12,14,16-17H2,1-6H3,(H,33,34)/t19-,20-,21+,22+,24-,27+,28+,29-,30+/m1/s1. The van der Waals surface area contributed by atoms with Gasteiger partial charge in [-0.05, 0) is 105 Å². The highest BCUT2D eigenvalue weighted by atomic mass is 16.4. The number of aliphatic hydroxyl groups excluding tert-OH is 1. The van der Waals surface area contributed by atoms with Gasteiger partial charge in [-0.2, -0.15) is 0 Å². The molecule has 0 unspecified atom stereocenters. The van der Waals surface area contributed by atoms with Crippen LogP contribution in [0.5, 0.6) is 0 Å². The molecule has 5 aliphatic rings. The molecule has 0 aliphatic heterocycles. The molecule has 0 aromatic rings. The van der Waals surface area contributed by atoms with Gasteiger partial charge in [-0.3, -0.25) is 9.59 Å². The Kier molecular flexibility index (Phi) is 5.22. The van der Waals surface area contributed by atoms with Crippen molar-refractivity contribution < 1.29 is 19.8 Å². The number of aliphatic carboxylic acids is 1. The average molecular weight is 469 g/mol. The van der Waals surface area contributed by atoms with Crippen LogP contribution >= 0.6 is 0 Å². The van der Waals surface area contributed by atoms with Crippen LogP contribution in [-0.4, -0.2) is 28.1 Å². The van der Waals surface area contributed by atoms with E-state index < -0.39 is 23.4 Å². The number of carboxylic acid groups (broad SMARTS) is 1. The maximum Gasteiger partial charge on any atom is 0.306 e. The monoisotopic (exact) mass is 468 g/mol. The lowest BCUT2D eigenvalue weighted by Gasteiger charge is -2.63. The van der Waals surface area contributed by atoms with Gasteiger partial charge in [-0.15, -0.1) is 0 Å². The summed E-state index contributed by atoms with van der Waals surface area (Å²) in [5.74, 6) is -0.0377. The number of allylic oxidation sites excluding steroid dienone is 4. The summed E-state index contributed by atoms with van der Waals surface area (Å²) in [5, 5.41) is 22.2. The molecule has 2 spiro atoms. The fraction of sp³-hybridized carbons (Fsp3) is 0.800. The zero-order valence-electron chi connectivity index (χ0n) is 22.0. The average Bonchev–Trinajstić information content (AvgIpc) is 3.31. The van der Waals surface area contributed by atoms with Gasteiger partial charge < -0.3 is 10.2 Å². The van der Waals surface area contributed by atoms with Gasteiger partial charge in [-0.1, -0.05) is 45.4 Å². The predicted octanol–water partition coefficient (Wildman–Crippen LogP) is 6.19. The SMILES string of the molecule is CC(C)=CCC[C@@H](C(=O)O)[C@H]1CC[C@@]2(C)[C@@H]3CC[C@H]4C(C)(C)C(=O)C=C[C@@]45C[C@@]35C[C@@H](O)[C@]12C. The zero-order chi connectivity index (χ0) is 24.9. The number of carbonyl (C=O) groups excluding carboxylic acids is 1. The molecule has 4 heteroatoms. The minimum Gasteiger partial charge on any atom is -0.481 e. The summed E-state index contributed by atoms with van der Waals surface area (Å²) in [6, 6.07) is 0. The fourth-order valence-electron chi connectivity index (χ4n) is 10.4. The minimum atomic E-state index is -0.702. The van der Waals surface area contributed by atoms with Crippen molar-refractivity contribution in [2.45, 2.75) is 99.0 Å². The molecule has 2 N–H and O–H groups in total. The van der Waals surface area contributed by atoms with E-state index in [1.807, 2.05) is 6.08 Å². The molecule has 4 fully saturated rings. The van der Waals surface area contributed by atoms with Crippen molar-refractivity contribution in [2.24, 2.45) is 50.7 Å². The molecule has 5 rings (SSSR count). The van der Waals surface area contributed by atoms with Gasteiger partial charge in [0.2, 0.25) is 0 Å². The molecule has 0 aromatic carbocycles. The molecule has 0 saturated heterocycles. The minimum absolute atomic E-state index is 0.000234. The quantitative estimate of drug-likeness (QED) is 0.472. The summed E-state index contributed by atoms with van der Waals surface area (Å²) in [4.78, 5) is 25.3. The maximum absolute atomic E-state index is 12.8. The summed E-state index contributed by atoms with van der Waals surface area (Å²) < 4.78 is 0. The van der Waals surface area contributed by atoms with Gasteiger partial charge in [0.05, 0.1) is 12.0 Å². The van der Waals surface area contributed by atoms with Crippen LogP contribution in [0, 0.1) is 50.7 Å². The Morgan fingerprint density at radius 3 is 2.47 bits per heavy atom. The first kappa shape index (κ1) is 24.3. The predicted molar refractivity (Wildman–Crippen MR) is 133 cm³/mol. The molecule has 0 amide bonds. The smallest absolute Gasteiger partial charge is 0.306 e. The van der Waals surface area contributed by atoms with Crippen LogP contribution in [0.1, 0.15) is 92.9 Å². The van der Waals surface area contributed by atoms with Crippen molar-refractivity contribution in [1.29, 1.82) is 0 Å². The van der Waals surface area contributed by atoms with Gasteiger partial charge in [0.15, 0.2) is 5.78 Å². The third kappa shape index (κ3) is 2.75. The van der Waals surface area contributed by atoms with Gasteiger partial charge >= 0.3 is 5.97 Å². The molecule has 4 nitrogen and oxygen atoms in total. The van der Waals surface area contributed by atoms with Crippen molar-refractivity contribution in [2.75, 3.05) is 0 Å². The van der Waals surface area contributed by atoms with E-state index in [9.17, 15) is 19.8 Å². The Hall–Kier alpha value is -1.42. The molecular formula is C30H44O4. The zero-order valence-corrected chi connectivity index (χ0v) is 22.0. The van der Waals surface area contributed by atoms with E-state index in [-0.39, 0.29) is 33.4 Å². The highest BCUT2D eigenvalue weighted by Gasteiger charge is 2.83. The van der Waals surface area contributed by atoms with Crippen molar-refractivity contribution >= 4 is 11.8 Å². The molecule has 34 heavy (non-hydrogen) atoms. The van der Waals surface area contributed by atoms with Crippen molar-refractivity contribution in [3.8, 4) is 0 Å². The van der Waals surface area contributed by atoms with Crippen LogP contribution in [0.2, 0.25) is 0 Å². The van der Waals surface area contributed by atoms with Crippen LogP contribution in [0.15, 0.2) is 23.8 Å². The van der Waals surface area contributed by atoms with Crippen LogP contribution in [0.4, 0.5) is 0 Å². The third-order valence-corrected chi connectivity index (χ3v) is 12.3. The fourth-order valence-corrected chi connectivity index (χ4v) is 10.4.